The average Bonchev–Trinajstić information content (AvgIpc) is 3.04. The molecule has 1 aliphatic heterocycles. The zero-order chi connectivity index (χ0) is 14.5. The van der Waals surface area contributed by atoms with E-state index in [4.69, 9.17) is 0 Å². The summed E-state index contributed by atoms with van der Waals surface area (Å²) in [6.07, 6.45) is 3.68. The third-order valence-electron chi connectivity index (χ3n) is 4.15. The van der Waals surface area contributed by atoms with E-state index in [0.717, 1.165) is 37.2 Å². The minimum atomic E-state index is 0.815. The van der Waals surface area contributed by atoms with Gasteiger partial charge in [0, 0.05) is 13.1 Å². The first kappa shape index (κ1) is 14.0. The van der Waals surface area contributed by atoms with Gasteiger partial charge in [-0.15, -0.1) is 0 Å². The van der Waals surface area contributed by atoms with Crippen LogP contribution in [0.15, 0.2) is 30.3 Å². The summed E-state index contributed by atoms with van der Waals surface area (Å²) in [5.74, 6) is 1.67. The first-order valence-electron chi connectivity index (χ1n) is 7.62. The second kappa shape index (κ2) is 6.67. The molecule has 0 spiro atoms. The van der Waals surface area contributed by atoms with E-state index in [0.29, 0.717) is 0 Å². The maximum Gasteiger partial charge on any atom is 0.250 e. The first-order valence-corrected chi connectivity index (χ1v) is 7.62. The summed E-state index contributed by atoms with van der Waals surface area (Å²) in [5.41, 5.74) is 1.01. The fraction of sp³-hybridized carbons (Fsp3) is 0.533. The number of para-hydroxylation sites is 1. The van der Waals surface area contributed by atoms with Crippen molar-refractivity contribution in [3.8, 4) is 5.69 Å². The standard InChI is InChI=1S/C15H22N6/c1-16-10-7-13-8-11-20(12-9-13)15-17-18-19-21(15)14-5-3-2-4-6-14/h2-6,13,16H,7-12H2,1H3. The van der Waals surface area contributed by atoms with Crippen molar-refractivity contribution in [2.45, 2.75) is 19.3 Å². The molecule has 2 heterocycles. The number of nitrogens with one attached hydrogen (secondary N) is 1. The molecule has 2 aromatic rings. The number of anilines is 1. The molecule has 0 bridgehead atoms. The summed E-state index contributed by atoms with van der Waals surface area (Å²) in [5, 5.41) is 15.4. The molecule has 21 heavy (non-hydrogen) atoms. The molecule has 1 saturated heterocycles. The number of aromatic nitrogens is 4. The molecular formula is C15H22N6. The van der Waals surface area contributed by atoms with Gasteiger partial charge < -0.3 is 10.2 Å². The Balaban J connectivity index is 1.68. The monoisotopic (exact) mass is 286 g/mol. The van der Waals surface area contributed by atoms with E-state index in [9.17, 15) is 0 Å². The number of hydrogen-bond acceptors (Lipinski definition) is 5. The first-order chi connectivity index (χ1) is 10.4. The zero-order valence-corrected chi connectivity index (χ0v) is 12.4. The van der Waals surface area contributed by atoms with Gasteiger partial charge in [-0.25, -0.2) is 0 Å². The maximum absolute atomic E-state index is 4.22. The van der Waals surface area contributed by atoms with Crippen molar-refractivity contribution in [3.05, 3.63) is 30.3 Å². The molecular weight excluding hydrogens is 264 g/mol. The van der Waals surface area contributed by atoms with Gasteiger partial charge in [-0.1, -0.05) is 23.3 Å². The Labute approximate surface area is 125 Å². The molecule has 6 heteroatoms. The molecule has 3 rings (SSSR count). The zero-order valence-electron chi connectivity index (χ0n) is 12.4. The van der Waals surface area contributed by atoms with Gasteiger partial charge in [-0.05, 0) is 61.3 Å². The van der Waals surface area contributed by atoms with Crippen molar-refractivity contribution in [3.63, 3.8) is 0 Å². The van der Waals surface area contributed by atoms with Crippen LogP contribution in [0.2, 0.25) is 0 Å². The predicted octanol–water partition coefficient (Wildman–Crippen LogP) is 1.49. The summed E-state index contributed by atoms with van der Waals surface area (Å²) in [7, 11) is 2.02. The third-order valence-corrected chi connectivity index (χ3v) is 4.15. The van der Waals surface area contributed by atoms with Gasteiger partial charge in [0.25, 0.3) is 0 Å². The van der Waals surface area contributed by atoms with E-state index in [1.807, 2.05) is 42.1 Å². The van der Waals surface area contributed by atoms with Crippen molar-refractivity contribution >= 4 is 5.95 Å². The molecule has 0 radical (unpaired) electrons. The molecule has 1 aromatic carbocycles. The highest BCUT2D eigenvalue weighted by Crippen LogP contribution is 2.24. The second-order valence-electron chi connectivity index (χ2n) is 5.55. The van der Waals surface area contributed by atoms with Crippen LogP contribution in [-0.2, 0) is 0 Å². The Hall–Kier alpha value is -1.95. The average molecular weight is 286 g/mol. The van der Waals surface area contributed by atoms with Crippen LogP contribution in [0.1, 0.15) is 19.3 Å². The van der Waals surface area contributed by atoms with Crippen LogP contribution in [0.3, 0.4) is 0 Å². The summed E-state index contributed by atoms with van der Waals surface area (Å²) in [6.45, 7) is 3.16. The molecule has 112 valence electrons. The van der Waals surface area contributed by atoms with Crippen LogP contribution in [-0.4, -0.2) is 46.9 Å². The van der Waals surface area contributed by atoms with Gasteiger partial charge >= 0.3 is 0 Å². The maximum atomic E-state index is 4.22. The van der Waals surface area contributed by atoms with Gasteiger partial charge in [0.05, 0.1) is 5.69 Å². The van der Waals surface area contributed by atoms with E-state index in [-0.39, 0.29) is 0 Å². The Bertz CT molecular complexity index is 544. The lowest BCUT2D eigenvalue weighted by Crippen LogP contribution is -2.36. The molecule has 6 nitrogen and oxygen atoms in total. The lowest BCUT2D eigenvalue weighted by Gasteiger charge is -2.32. The van der Waals surface area contributed by atoms with Crippen molar-refractivity contribution in [2.75, 3.05) is 31.6 Å². The van der Waals surface area contributed by atoms with E-state index in [1.165, 1.54) is 19.3 Å². The Morgan fingerprint density at radius 2 is 1.95 bits per heavy atom. The number of rotatable bonds is 5. The van der Waals surface area contributed by atoms with E-state index >= 15 is 0 Å². The topological polar surface area (TPSA) is 58.9 Å². The molecule has 0 aliphatic carbocycles. The molecule has 1 aliphatic rings. The predicted molar refractivity (Wildman–Crippen MR) is 82.6 cm³/mol. The molecule has 1 N–H and O–H groups in total. The van der Waals surface area contributed by atoms with Crippen molar-refractivity contribution in [2.24, 2.45) is 5.92 Å². The van der Waals surface area contributed by atoms with Crippen molar-refractivity contribution in [1.82, 2.24) is 25.5 Å². The van der Waals surface area contributed by atoms with Gasteiger partial charge in [0.15, 0.2) is 0 Å². The highest BCUT2D eigenvalue weighted by atomic mass is 15.6. The largest absolute Gasteiger partial charge is 0.339 e. The third kappa shape index (κ3) is 3.21. The molecule has 0 unspecified atom stereocenters. The summed E-state index contributed by atoms with van der Waals surface area (Å²) in [4.78, 5) is 2.29. The lowest BCUT2D eigenvalue weighted by atomic mass is 9.94. The van der Waals surface area contributed by atoms with Crippen LogP contribution < -0.4 is 10.2 Å². The highest BCUT2D eigenvalue weighted by molar-refractivity contribution is 5.40. The van der Waals surface area contributed by atoms with Gasteiger partial charge in [-0.3, -0.25) is 0 Å². The van der Waals surface area contributed by atoms with Crippen LogP contribution in [0.5, 0.6) is 0 Å². The van der Waals surface area contributed by atoms with Gasteiger partial charge in [0.2, 0.25) is 5.95 Å². The molecule has 1 fully saturated rings. The van der Waals surface area contributed by atoms with Gasteiger partial charge in [-0.2, -0.15) is 4.68 Å². The second-order valence-corrected chi connectivity index (χ2v) is 5.55. The van der Waals surface area contributed by atoms with Crippen LogP contribution in [0.25, 0.3) is 5.69 Å². The Morgan fingerprint density at radius 1 is 1.19 bits per heavy atom. The molecule has 1 aromatic heterocycles. The van der Waals surface area contributed by atoms with Crippen LogP contribution >= 0.6 is 0 Å². The summed E-state index contributed by atoms with van der Waals surface area (Å²) < 4.78 is 1.83. The highest BCUT2D eigenvalue weighted by Gasteiger charge is 2.23. The Kier molecular flexibility index (Phi) is 4.45. The minimum absolute atomic E-state index is 0.815. The van der Waals surface area contributed by atoms with Crippen LogP contribution in [0.4, 0.5) is 5.95 Å². The Morgan fingerprint density at radius 3 is 2.67 bits per heavy atom. The minimum Gasteiger partial charge on any atom is -0.339 e. The van der Waals surface area contributed by atoms with E-state index in [1.54, 1.807) is 0 Å². The smallest absolute Gasteiger partial charge is 0.250 e. The summed E-state index contributed by atoms with van der Waals surface area (Å²) >= 11 is 0. The van der Waals surface area contributed by atoms with Crippen LogP contribution in [0, 0.1) is 5.92 Å². The fourth-order valence-electron chi connectivity index (χ4n) is 2.89. The normalized spacial score (nSPS) is 16.3. The van der Waals surface area contributed by atoms with E-state index in [2.05, 4.69) is 25.7 Å². The molecule has 0 atom stereocenters. The summed E-state index contributed by atoms with van der Waals surface area (Å²) in [6, 6.07) is 10.1. The fourth-order valence-corrected chi connectivity index (χ4v) is 2.89. The molecule has 0 saturated carbocycles. The van der Waals surface area contributed by atoms with Crippen molar-refractivity contribution < 1.29 is 0 Å². The molecule has 0 amide bonds. The number of piperidine rings is 1. The SMILES string of the molecule is CNCCC1CCN(c2nnnn2-c2ccccc2)CC1. The number of tetrazole rings is 1. The number of benzene rings is 1. The number of hydrogen-bond donors (Lipinski definition) is 1. The quantitative estimate of drug-likeness (QED) is 0.902. The lowest BCUT2D eigenvalue weighted by molar-refractivity contribution is 0.375. The van der Waals surface area contributed by atoms with Crippen molar-refractivity contribution in [1.29, 1.82) is 0 Å². The van der Waals surface area contributed by atoms with E-state index < -0.39 is 0 Å². The number of nitrogens with zero attached hydrogens (tertiary/aromatic N) is 5. The van der Waals surface area contributed by atoms with Gasteiger partial charge in [0.1, 0.15) is 0 Å².